The van der Waals surface area contributed by atoms with E-state index >= 15 is 0 Å². The van der Waals surface area contributed by atoms with E-state index in [-0.39, 0.29) is 5.91 Å². The van der Waals surface area contributed by atoms with Crippen molar-refractivity contribution >= 4 is 11.6 Å². The van der Waals surface area contributed by atoms with Gasteiger partial charge in [-0.3, -0.25) is 4.79 Å². The van der Waals surface area contributed by atoms with Crippen LogP contribution in [0.5, 0.6) is 5.75 Å². The number of hydrogen-bond acceptors (Lipinski definition) is 4. The first-order valence-corrected chi connectivity index (χ1v) is 6.12. The molecule has 2 N–H and O–H groups in total. The monoisotopic (exact) mass is 250 g/mol. The highest BCUT2D eigenvalue weighted by molar-refractivity contribution is 6.01. The van der Waals surface area contributed by atoms with Gasteiger partial charge in [-0.25, -0.2) is 0 Å². The maximum absolute atomic E-state index is 12.4. The van der Waals surface area contributed by atoms with E-state index in [9.17, 15) is 4.79 Å². The molecule has 0 bridgehead atoms. The molecule has 1 aliphatic rings. The van der Waals surface area contributed by atoms with E-state index in [4.69, 9.17) is 15.2 Å². The molecule has 0 atom stereocenters. The molecule has 1 saturated heterocycles. The summed E-state index contributed by atoms with van der Waals surface area (Å²) in [6, 6.07) is 5.28. The number of nitrogens with zero attached hydrogens (tertiary/aromatic N) is 1. The van der Waals surface area contributed by atoms with Gasteiger partial charge < -0.3 is 20.1 Å². The Labute approximate surface area is 106 Å². The van der Waals surface area contributed by atoms with E-state index in [0.29, 0.717) is 49.9 Å². The predicted octanol–water partition coefficient (Wildman–Crippen LogP) is 1.14. The minimum Gasteiger partial charge on any atom is -0.493 e. The second kappa shape index (κ2) is 5.73. The van der Waals surface area contributed by atoms with Crippen molar-refractivity contribution in [2.24, 2.45) is 0 Å². The lowest BCUT2D eigenvalue weighted by Crippen LogP contribution is -2.41. The third-order valence-electron chi connectivity index (χ3n) is 2.87. The highest BCUT2D eigenvalue weighted by Gasteiger charge is 2.23. The lowest BCUT2D eigenvalue weighted by atomic mass is 10.1. The molecule has 0 spiro atoms. The first-order valence-electron chi connectivity index (χ1n) is 6.12. The van der Waals surface area contributed by atoms with Gasteiger partial charge in [-0.1, -0.05) is 6.07 Å². The number of anilines is 1. The summed E-state index contributed by atoms with van der Waals surface area (Å²) in [5, 5.41) is 0. The normalized spacial score (nSPS) is 15.5. The predicted molar refractivity (Wildman–Crippen MR) is 68.7 cm³/mol. The summed E-state index contributed by atoms with van der Waals surface area (Å²) in [5.41, 5.74) is 6.82. The first kappa shape index (κ1) is 12.7. The van der Waals surface area contributed by atoms with Crippen LogP contribution in [0.3, 0.4) is 0 Å². The molecule has 1 aromatic carbocycles. The van der Waals surface area contributed by atoms with Crippen molar-refractivity contribution in [3.63, 3.8) is 0 Å². The van der Waals surface area contributed by atoms with Crippen LogP contribution in [0, 0.1) is 0 Å². The van der Waals surface area contributed by atoms with Crippen molar-refractivity contribution in [3.8, 4) is 5.75 Å². The van der Waals surface area contributed by atoms with E-state index in [0.717, 1.165) is 0 Å². The molecule has 0 saturated carbocycles. The molecule has 0 unspecified atom stereocenters. The zero-order valence-electron chi connectivity index (χ0n) is 10.5. The van der Waals surface area contributed by atoms with Crippen molar-refractivity contribution in [1.29, 1.82) is 0 Å². The fourth-order valence-corrected chi connectivity index (χ4v) is 1.98. The van der Waals surface area contributed by atoms with Crippen LogP contribution in [0.15, 0.2) is 18.2 Å². The summed E-state index contributed by atoms with van der Waals surface area (Å²) in [6.07, 6.45) is 0. The second-order valence-corrected chi connectivity index (χ2v) is 4.06. The molecule has 1 heterocycles. The van der Waals surface area contributed by atoms with Crippen molar-refractivity contribution in [2.75, 3.05) is 38.6 Å². The Hall–Kier alpha value is -1.75. The van der Waals surface area contributed by atoms with Crippen LogP contribution in [-0.4, -0.2) is 43.7 Å². The van der Waals surface area contributed by atoms with Gasteiger partial charge in [0.15, 0.2) is 0 Å². The standard InChI is InChI=1S/C13H18N2O3/c1-2-18-11-5-3-4-10(14)12(11)13(16)15-6-8-17-9-7-15/h3-5H,2,6-9,14H2,1H3. The summed E-state index contributed by atoms with van der Waals surface area (Å²) in [6.45, 7) is 4.72. The SMILES string of the molecule is CCOc1cccc(N)c1C(=O)N1CCOCC1. The third kappa shape index (κ3) is 2.56. The van der Waals surface area contributed by atoms with Crippen molar-refractivity contribution in [3.05, 3.63) is 23.8 Å². The summed E-state index contributed by atoms with van der Waals surface area (Å²) in [4.78, 5) is 14.2. The Kier molecular flexibility index (Phi) is 4.04. The van der Waals surface area contributed by atoms with E-state index in [1.54, 1.807) is 23.1 Å². The molecule has 0 radical (unpaired) electrons. The fraction of sp³-hybridized carbons (Fsp3) is 0.462. The number of morpholine rings is 1. The van der Waals surface area contributed by atoms with E-state index < -0.39 is 0 Å². The van der Waals surface area contributed by atoms with Crippen LogP contribution in [0.25, 0.3) is 0 Å². The number of amides is 1. The van der Waals surface area contributed by atoms with E-state index in [1.807, 2.05) is 6.92 Å². The van der Waals surface area contributed by atoms with Crippen molar-refractivity contribution < 1.29 is 14.3 Å². The van der Waals surface area contributed by atoms with Crippen LogP contribution in [0.4, 0.5) is 5.69 Å². The molecule has 1 aromatic rings. The molecule has 98 valence electrons. The van der Waals surface area contributed by atoms with Crippen LogP contribution in [0.2, 0.25) is 0 Å². The zero-order valence-corrected chi connectivity index (χ0v) is 10.5. The lowest BCUT2D eigenvalue weighted by Gasteiger charge is -2.27. The highest BCUT2D eigenvalue weighted by atomic mass is 16.5. The van der Waals surface area contributed by atoms with Crippen LogP contribution in [0.1, 0.15) is 17.3 Å². The Morgan fingerprint density at radius 1 is 1.44 bits per heavy atom. The highest BCUT2D eigenvalue weighted by Crippen LogP contribution is 2.26. The maximum atomic E-state index is 12.4. The molecule has 5 heteroatoms. The number of carbonyl (C=O) groups is 1. The van der Waals surface area contributed by atoms with E-state index in [2.05, 4.69) is 0 Å². The molecule has 1 aliphatic heterocycles. The fourth-order valence-electron chi connectivity index (χ4n) is 1.98. The molecular weight excluding hydrogens is 232 g/mol. The Morgan fingerprint density at radius 3 is 2.83 bits per heavy atom. The van der Waals surface area contributed by atoms with Crippen LogP contribution in [-0.2, 0) is 4.74 Å². The van der Waals surface area contributed by atoms with Gasteiger partial charge in [0, 0.05) is 18.8 Å². The number of rotatable bonds is 3. The molecule has 5 nitrogen and oxygen atoms in total. The molecule has 0 aromatic heterocycles. The summed E-state index contributed by atoms with van der Waals surface area (Å²) in [7, 11) is 0. The molecule has 1 amide bonds. The minimum absolute atomic E-state index is 0.0835. The zero-order chi connectivity index (χ0) is 13.0. The molecular formula is C13H18N2O3. The van der Waals surface area contributed by atoms with Gasteiger partial charge in [0.05, 0.1) is 19.8 Å². The van der Waals surface area contributed by atoms with Crippen molar-refractivity contribution in [2.45, 2.75) is 6.92 Å². The number of nitrogen functional groups attached to an aromatic ring is 1. The molecule has 0 aliphatic carbocycles. The summed E-state index contributed by atoms with van der Waals surface area (Å²) in [5.74, 6) is 0.467. The summed E-state index contributed by atoms with van der Waals surface area (Å²) < 4.78 is 10.7. The van der Waals surface area contributed by atoms with Gasteiger partial charge >= 0.3 is 0 Å². The quantitative estimate of drug-likeness (QED) is 0.817. The average Bonchev–Trinajstić information content (AvgIpc) is 2.40. The van der Waals surface area contributed by atoms with Crippen LogP contribution < -0.4 is 10.5 Å². The van der Waals surface area contributed by atoms with Gasteiger partial charge in [0.1, 0.15) is 11.3 Å². The first-order chi connectivity index (χ1) is 8.74. The van der Waals surface area contributed by atoms with Crippen molar-refractivity contribution in [1.82, 2.24) is 4.90 Å². The maximum Gasteiger partial charge on any atom is 0.259 e. The Bertz CT molecular complexity index is 428. The largest absolute Gasteiger partial charge is 0.493 e. The number of hydrogen-bond donors (Lipinski definition) is 1. The Morgan fingerprint density at radius 2 is 2.17 bits per heavy atom. The third-order valence-corrected chi connectivity index (χ3v) is 2.87. The Balaban J connectivity index is 2.27. The average molecular weight is 250 g/mol. The van der Waals surface area contributed by atoms with Gasteiger partial charge in [0.2, 0.25) is 0 Å². The number of nitrogens with two attached hydrogens (primary N) is 1. The topological polar surface area (TPSA) is 64.8 Å². The van der Waals surface area contributed by atoms with Crippen LogP contribution >= 0.6 is 0 Å². The minimum atomic E-state index is -0.0835. The number of benzene rings is 1. The van der Waals surface area contributed by atoms with E-state index in [1.165, 1.54) is 0 Å². The number of ether oxygens (including phenoxy) is 2. The van der Waals surface area contributed by atoms with Gasteiger partial charge in [0.25, 0.3) is 5.91 Å². The van der Waals surface area contributed by atoms with Gasteiger partial charge in [-0.05, 0) is 19.1 Å². The smallest absolute Gasteiger partial charge is 0.259 e. The lowest BCUT2D eigenvalue weighted by molar-refractivity contribution is 0.0301. The van der Waals surface area contributed by atoms with Gasteiger partial charge in [-0.2, -0.15) is 0 Å². The van der Waals surface area contributed by atoms with Gasteiger partial charge in [-0.15, -0.1) is 0 Å². The molecule has 2 rings (SSSR count). The molecule has 1 fully saturated rings. The second-order valence-electron chi connectivity index (χ2n) is 4.06. The molecule has 18 heavy (non-hydrogen) atoms. The summed E-state index contributed by atoms with van der Waals surface area (Å²) >= 11 is 0. The number of carbonyl (C=O) groups excluding carboxylic acids is 1.